The number of aliphatic imine (C=N–C) groups is 1. The Morgan fingerprint density at radius 3 is 2.37 bits per heavy atom. The molecule has 1 heterocycles. The molecule has 0 atom stereocenters. The van der Waals surface area contributed by atoms with Gasteiger partial charge in [-0.25, -0.2) is 17.5 Å². The highest BCUT2D eigenvalue weighted by atomic mass is 32.2. The van der Waals surface area contributed by atoms with Crippen molar-refractivity contribution in [3.05, 3.63) is 12.2 Å². The Hall–Kier alpha value is -1.42. The van der Waals surface area contributed by atoms with Crippen LogP contribution in [-0.4, -0.2) is 55.0 Å². The summed E-state index contributed by atoms with van der Waals surface area (Å²) in [6, 6.07) is -0.817. The third kappa shape index (κ3) is 8.42. The van der Waals surface area contributed by atoms with Crippen LogP contribution in [0.1, 0.15) is 52.9 Å². The maximum absolute atomic E-state index is 12.2. The molecule has 0 aromatic rings. The molecule has 0 aliphatic carbocycles. The van der Waals surface area contributed by atoms with E-state index in [1.807, 2.05) is 6.92 Å². The summed E-state index contributed by atoms with van der Waals surface area (Å²) in [6.07, 6.45) is -1.19. The van der Waals surface area contributed by atoms with Crippen LogP contribution in [0.4, 0.5) is 18.0 Å². The van der Waals surface area contributed by atoms with Gasteiger partial charge in [-0.2, -0.15) is 18.2 Å². The van der Waals surface area contributed by atoms with E-state index in [0.29, 0.717) is 44.5 Å². The summed E-state index contributed by atoms with van der Waals surface area (Å²) in [7, 11) is -3.31. The predicted molar refractivity (Wildman–Crippen MR) is 99.3 cm³/mol. The van der Waals surface area contributed by atoms with Crippen molar-refractivity contribution in [3.63, 3.8) is 0 Å². The molecule has 0 saturated carbocycles. The Balaban J connectivity index is 2.60. The number of allylic oxidation sites excluding steroid dienone is 2. The maximum atomic E-state index is 12.2. The van der Waals surface area contributed by atoms with Crippen LogP contribution in [0.3, 0.4) is 0 Å². The lowest BCUT2D eigenvalue weighted by Gasteiger charge is -2.32. The molecule has 1 fully saturated rings. The molecule has 10 heteroatoms. The first-order valence-electron chi connectivity index (χ1n) is 9.06. The topological polar surface area (TPSA) is 78.8 Å². The first-order chi connectivity index (χ1) is 12.5. The third-order valence-corrected chi connectivity index (χ3v) is 6.42. The molecule has 0 aromatic carbocycles. The molecule has 1 aliphatic heterocycles. The van der Waals surface area contributed by atoms with Crippen molar-refractivity contribution in [2.75, 3.05) is 13.1 Å². The largest absolute Gasteiger partial charge is 0.392 e. The highest BCUT2D eigenvalue weighted by Gasteiger charge is 2.30. The quantitative estimate of drug-likeness (QED) is 0.650. The van der Waals surface area contributed by atoms with E-state index in [1.165, 1.54) is 10.4 Å². The van der Waals surface area contributed by atoms with Crippen molar-refractivity contribution >= 4 is 21.8 Å². The van der Waals surface area contributed by atoms with E-state index < -0.39 is 33.9 Å². The molecule has 156 valence electrons. The predicted octanol–water partition coefficient (Wildman–Crippen LogP) is 3.65. The van der Waals surface area contributed by atoms with Crippen LogP contribution in [0, 0.1) is 0 Å². The molecule has 0 radical (unpaired) electrons. The maximum Gasteiger partial charge on any atom is 0.392 e. The molecule has 0 aromatic heterocycles. The van der Waals surface area contributed by atoms with Crippen molar-refractivity contribution in [1.82, 2.24) is 9.62 Å². The number of urea groups is 1. The Labute approximate surface area is 159 Å². The van der Waals surface area contributed by atoms with E-state index in [-0.39, 0.29) is 6.04 Å². The van der Waals surface area contributed by atoms with E-state index in [2.05, 4.69) is 10.3 Å². The number of amides is 2. The molecule has 1 saturated heterocycles. The summed E-state index contributed by atoms with van der Waals surface area (Å²) in [5, 5.41) is 2.22. The fraction of sp³-hybridized carbons (Fsp3) is 0.765. The zero-order valence-corrected chi connectivity index (χ0v) is 16.7. The van der Waals surface area contributed by atoms with Gasteiger partial charge in [0.05, 0.1) is 11.7 Å². The average Bonchev–Trinajstić information content (AvgIpc) is 2.54. The van der Waals surface area contributed by atoms with Crippen molar-refractivity contribution < 1.29 is 26.4 Å². The number of alkyl halides is 3. The zero-order chi connectivity index (χ0) is 20.7. The highest BCUT2D eigenvalue weighted by molar-refractivity contribution is 7.89. The highest BCUT2D eigenvalue weighted by Crippen LogP contribution is 2.20. The smallest absolute Gasteiger partial charge is 0.333 e. The molecular formula is C17H28F3N3O3S. The van der Waals surface area contributed by atoms with E-state index in [4.69, 9.17) is 0 Å². The molecule has 2 amide bonds. The van der Waals surface area contributed by atoms with Gasteiger partial charge >= 0.3 is 12.2 Å². The van der Waals surface area contributed by atoms with Crippen LogP contribution < -0.4 is 5.32 Å². The minimum absolute atomic E-state index is 0.207. The van der Waals surface area contributed by atoms with Gasteiger partial charge < -0.3 is 5.32 Å². The molecule has 1 aliphatic rings. The number of carbonyl (C=O) groups is 1. The van der Waals surface area contributed by atoms with Gasteiger partial charge in [0.25, 0.3) is 0 Å². The number of piperidine rings is 1. The minimum atomic E-state index is -4.29. The second-order valence-corrected chi connectivity index (χ2v) is 9.28. The summed E-state index contributed by atoms with van der Waals surface area (Å²) in [4.78, 5) is 15.9. The fourth-order valence-electron chi connectivity index (χ4n) is 2.65. The van der Waals surface area contributed by atoms with Gasteiger partial charge in [0.15, 0.2) is 0 Å². The number of sulfonamides is 1. The fourth-order valence-corrected chi connectivity index (χ4v) is 3.97. The number of hydrogen-bond acceptors (Lipinski definition) is 3. The van der Waals surface area contributed by atoms with Gasteiger partial charge in [0.2, 0.25) is 10.0 Å². The number of carbonyl (C=O) groups excluding carboxylic acids is 1. The first kappa shape index (κ1) is 23.6. The van der Waals surface area contributed by atoms with Gasteiger partial charge in [0, 0.05) is 24.8 Å². The lowest BCUT2D eigenvalue weighted by Crippen LogP contribution is -2.47. The second-order valence-electron chi connectivity index (χ2n) is 6.79. The van der Waals surface area contributed by atoms with Crippen molar-refractivity contribution in [2.24, 2.45) is 4.99 Å². The number of rotatable bonds is 7. The van der Waals surface area contributed by atoms with Crippen LogP contribution >= 0.6 is 0 Å². The van der Waals surface area contributed by atoms with Crippen molar-refractivity contribution in [1.29, 1.82) is 0 Å². The van der Waals surface area contributed by atoms with E-state index in [9.17, 15) is 26.4 Å². The Kier molecular flexibility index (Phi) is 8.93. The SMILES string of the molecule is CCCC(/C=C\CC(F)(F)F)=NC(=O)NC1CCN(S(=O)(=O)C(C)C)CC1. The summed E-state index contributed by atoms with van der Waals surface area (Å²) >= 11 is 0. The summed E-state index contributed by atoms with van der Waals surface area (Å²) in [5.41, 5.74) is 0.291. The lowest BCUT2D eigenvalue weighted by atomic mass is 10.1. The third-order valence-electron chi connectivity index (χ3n) is 4.15. The Bertz CT molecular complexity index is 650. The Morgan fingerprint density at radius 2 is 1.89 bits per heavy atom. The first-order valence-corrected chi connectivity index (χ1v) is 10.6. The van der Waals surface area contributed by atoms with Gasteiger partial charge in [-0.15, -0.1) is 0 Å². The molecule has 0 spiro atoms. The summed E-state index contributed by atoms with van der Waals surface area (Å²) in [5.74, 6) is 0. The summed E-state index contributed by atoms with van der Waals surface area (Å²) in [6.45, 7) is 5.74. The Morgan fingerprint density at radius 1 is 1.30 bits per heavy atom. The van der Waals surface area contributed by atoms with Gasteiger partial charge in [-0.05, 0) is 39.2 Å². The molecule has 1 rings (SSSR count). The lowest BCUT2D eigenvalue weighted by molar-refractivity contribution is -0.125. The van der Waals surface area contributed by atoms with E-state index >= 15 is 0 Å². The normalized spacial score (nSPS) is 18.4. The molecule has 0 unspecified atom stereocenters. The number of nitrogens with one attached hydrogen (secondary N) is 1. The van der Waals surface area contributed by atoms with Gasteiger partial charge in [0.1, 0.15) is 0 Å². The number of hydrogen-bond donors (Lipinski definition) is 1. The van der Waals surface area contributed by atoms with Crippen LogP contribution in [0.25, 0.3) is 0 Å². The van der Waals surface area contributed by atoms with Gasteiger partial charge in [-0.1, -0.05) is 19.4 Å². The average molecular weight is 411 g/mol. The number of halogens is 3. The van der Waals surface area contributed by atoms with Crippen LogP contribution in [-0.2, 0) is 10.0 Å². The van der Waals surface area contributed by atoms with Crippen molar-refractivity contribution in [2.45, 2.75) is 70.3 Å². The molecule has 27 heavy (non-hydrogen) atoms. The minimum Gasteiger partial charge on any atom is -0.333 e. The van der Waals surface area contributed by atoms with Crippen LogP contribution in [0.2, 0.25) is 0 Å². The van der Waals surface area contributed by atoms with Crippen molar-refractivity contribution in [3.8, 4) is 0 Å². The van der Waals surface area contributed by atoms with E-state index in [1.54, 1.807) is 13.8 Å². The molecule has 0 bridgehead atoms. The second kappa shape index (κ2) is 10.2. The molecule has 1 N–H and O–H groups in total. The molecule has 6 nitrogen and oxygen atoms in total. The number of nitrogens with zero attached hydrogens (tertiary/aromatic N) is 2. The zero-order valence-electron chi connectivity index (χ0n) is 15.9. The van der Waals surface area contributed by atoms with E-state index in [0.717, 1.165) is 6.08 Å². The van der Waals surface area contributed by atoms with Crippen LogP contribution in [0.15, 0.2) is 17.1 Å². The standard InChI is InChI=1S/C17H28F3N3O3S/c1-4-6-14(7-5-10-17(18,19)20)21-16(24)22-15-8-11-23(12-9-15)27(25,26)13(2)3/h5,7,13,15H,4,6,8-12H2,1-3H3,(H,22,24)/b7-5-,21-14?. The summed E-state index contributed by atoms with van der Waals surface area (Å²) < 4.78 is 62.3. The van der Waals surface area contributed by atoms with Gasteiger partial charge in [-0.3, -0.25) is 0 Å². The molecular weight excluding hydrogens is 383 g/mol. The van der Waals surface area contributed by atoms with Crippen LogP contribution in [0.5, 0.6) is 0 Å². The monoisotopic (exact) mass is 411 g/mol.